The molecular formula is C21H14ClIN2O3. The maximum Gasteiger partial charge on any atom is 0.343 e. The van der Waals surface area contributed by atoms with Crippen LogP contribution in [-0.2, 0) is 0 Å². The molecule has 0 atom stereocenters. The van der Waals surface area contributed by atoms with Crippen LogP contribution in [0, 0.1) is 3.57 Å². The summed E-state index contributed by atoms with van der Waals surface area (Å²) < 4.78 is 6.16. The highest BCUT2D eigenvalue weighted by atomic mass is 127. The third-order valence-electron chi connectivity index (χ3n) is 3.65. The first-order valence-electron chi connectivity index (χ1n) is 8.19. The smallest absolute Gasteiger partial charge is 0.343 e. The fraction of sp³-hybridized carbons (Fsp3) is 0. The quantitative estimate of drug-likeness (QED) is 0.176. The van der Waals surface area contributed by atoms with Gasteiger partial charge in [-0.3, -0.25) is 4.79 Å². The molecule has 0 fully saturated rings. The molecule has 3 aromatic rings. The summed E-state index contributed by atoms with van der Waals surface area (Å²) in [4.78, 5) is 24.2. The van der Waals surface area contributed by atoms with Crippen LogP contribution in [0.2, 0.25) is 5.02 Å². The Balaban J connectivity index is 1.58. The van der Waals surface area contributed by atoms with Gasteiger partial charge in [0.15, 0.2) is 0 Å². The van der Waals surface area contributed by atoms with Crippen LogP contribution in [0.1, 0.15) is 26.3 Å². The molecule has 7 heteroatoms. The van der Waals surface area contributed by atoms with E-state index in [1.54, 1.807) is 60.7 Å². The van der Waals surface area contributed by atoms with Crippen molar-refractivity contribution in [2.75, 3.05) is 0 Å². The summed E-state index contributed by atoms with van der Waals surface area (Å²) >= 11 is 7.97. The number of halogens is 2. The number of nitrogens with one attached hydrogen (secondary N) is 1. The van der Waals surface area contributed by atoms with Crippen molar-refractivity contribution in [3.63, 3.8) is 0 Å². The lowest BCUT2D eigenvalue weighted by molar-refractivity contribution is 0.0734. The second-order valence-corrected chi connectivity index (χ2v) is 7.25. The van der Waals surface area contributed by atoms with Gasteiger partial charge in [-0.25, -0.2) is 10.2 Å². The first-order valence-corrected chi connectivity index (χ1v) is 9.64. The normalized spacial score (nSPS) is 10.6. The molecule has 0 saturated heterocycles. The number of ether oxygens (including phenoxy) is 1. The predicted octanol–water partition coefficient (Wildman–Crippen LogP) is 4.93. The average molecular weight is 505 g/mol. The van der Waals surface area contributed by atoms with E-state index in [-0.39, 0.29) is 5.91 Å². The molecule has 0 aliphatic rings. The summed E-state index contributed by atoms with van der Waals surface area (Å²) in [7, 11) is 0. The minimum absolute atomic E-state index is 0.284. The van der Waals surface area contributed by atoms with E-state index in [1.807, 2.05) is 12.1 Å². The highest BCUT2D eigenvalue weighted by Crippen LogP contribution is 2.16. The van der Waals surface area contributed by atoms with Crippen molar-refractivity contribution in [2.45, 2.75) is 0 Å². The Labute approximate surface area is 180 Å². The van der Waals surface area contributed by atoms with E-state index in [4.69, 9.17) is 16.3 Å². The summed E-state index contributed by atoms with van der Waals surface area (Å²) in [5, 5.41) is 4.42. The van der Waals surface area contributed by atoms with Crippen LogP contribution in [0.3, 0.4) is 0 Å². The van der Waals surface area contributed by atoms with Gasteiger partial charge in [0.1, 0.15) is 5.75 Å². The molecule has 0 radical (unpaired) electrons. The minimum atomic E-state index is -0.492. The molecule has 0 unspecified atom stereocenters. The Morgan fingerprint density at radius 2 is 1.75 bits per heavy atom. The number of amides is 1. The molecular weight excluding hydrogens is 491 g/mol. The van der Waals surface area contributed by atoms with E-state index in [1.165, 1.54) is 6.21 Å². The molecule has 3 aromatic carbocycles. The third-order valence-corrected chi connectivity index (χ3v) is 4.82. The summed E-state index contributed by atoms with van der Waals surface area (Å²) in [6.45, 7) is 0. The zero-order chi connectivity index (χ0) is 19.9. The van der Waals surface area contributed by atoms with Crippen LogP contribution >= 0.6 is 34.2 Å². The van der Waals surface area contributed by atoms with E-state index in [2.05, 4.69) is 33.1 Å². The molecule has 140 valence electrons. The lowest BCUT2D eigenvalue weighted by atomic mass is 10.2. The van der Waals surface area contributed by atoms with Gasteiger partial charge in [0.25, 0.3) is 5.91 Å². The SMILES string of the molecule is O=C(Oc1ccc(/C=N\NC(=O)c2ccccc2I)cc1)c1cccc(Cl)c1. The Morgan fingerprint density at radius 3 is 2.46 bits per heavy atom. The van der Waals surface area contributed by atoms with E-state index < -0.39 is 5.97 Å². The minimum Gasteiger partial charge on any atom is -0.423 e. The van der Waals surface area contributed by atoms with Crippen LogP contribution in [-0.4, -0.2) is 18.1 Å². The molecule has 1 N–H and O–H groups in total. The molecule has 0 saturated carbocycles. The molecule has 5 nitrogen and oxygen atoms in total. The number of carbonyl (C=O) groups excluding carboxylic acids is 2. The van der Waals surface area contributed by atoms with Gasteiger partial charge in [-0.15, -0.1) is 0 Å². The highest BCUT2D eigenvalue weighted by Gasteiger charge is 2.09. The number of benzene rings is 3. The van der Waals surface area contributed by atoms with Gasteiger partial charge in [0.2, 0.25) is 0 Å². The summed E-state index contributed by atoms with van der Waals surface area (Å²) in [5.41, 5.74) is 4.16. The van der Waals surface area contributed by atoms with Crippen molar-refractivity contribution in [3.05, 3.63) is 98.1 Å². The lowest BCUT2D eigenvalue weighted by Crippen LogP contribution is -2.18. The number of carbonyl (C=O) groups is 2. The maximum atomic E-state index is 12.1. The molecule has 0 spiro atoms. The van der Waals surface area contributed by atoms with Crippen molar-refractivity contribution in [3.8, 4) is 5.75 Å². The van der Waals surface area contributed by atoms with Gasteiger partial charge in [0.05, 0.1) is 17.3 Å². The topological polar surface area (TPSA) is 67.8 Å². The zero-order valence-corrected chi connectivity index (χ0v) is 17.3. The lowest BCUT2D eigenvalue weighted by Gasteiger charge is -2.05. The van der Waals surface area contributed by atoms with Gasteiger partial charge in [-0.05, 0) is 82.8 Å². The first kappa shape index (κ1) is 20.0. The Bertz CT molecular complexity index is 1040. The molecule has 0 heterocycles. The second-order valence-electron chi connectivity index (χ2n) is 5.65. The van der Waals surface area contributed by atoms with E-state index >= 15 is 0 Å². The zero-order valence-electron chi connectivity index (χ0n) is 14.4. The highest BCUT2D eigenvalue weighted by molar-refractivity contribution is 14.1. The van der Waals surface area contributed by atoms with E-state index in [0.717, 1.165) is 9.13 Å². The van der Waals surface area contributed by atoms with Crippen molar-refractivity contribution in [1.82, 2.24) is 5.43 Å². The standard InChI is InChI=1S/C21H14ClIN2O3/c22-16-5-3-4-15(12-16)21(27)28-17-10-8-14(9-11-17)13-24-25-20(26)18-6-1-2-7-19(18)23/h1-13H,(H,25,26)/b24-13-. The number of nitrogens with zero attached hydrogens (tertiary/aromatic N) is 1. The Kier molecular flexibility index (Phi) is 6.78. The summed E-state index contributed by atoms with van der Waals surface area (Å²) in [5.74, 6) is -0.382. The maximum absolute atomic E-state index is 12.1. The monoisotopic (exact) mass is 504 g/mol. The molecule has 28 heavy (non-hydrogen) atoms. The first-order chi connectivity index (χ1) is 13.5. The van der Waals surface area contributed by atoms with Gasteiger partial charge < -0.3 is 4.74 Å². The van der Waals surface area contributed by atoms with E-state index in [9.17, 15) is 9.59 Å². The molecule has 0 bridgehead atoms. The van der Waals surface area contributed by atoms with Crippen LogP contribution < -0.4 is 10.2 Å². The molecule has 0 aromatic heterocycles. The van der Waals surface area contributed by atoms with Crippen LogP contribution in [0.15, 0.2) is 77.9 Å². The Hall–Kier alpha value is -2.71. The predicted molar refractivity (Wildman–Crippen MR) is 117 cm³/mol. The number of rotatable bonds is 5. The van der Waals surface area contributed by atoms with Crippen molar-refractivity contribution >= 4 is 52.3 Å². The summed E-state index contributed by atoms with van der Waals surface area (Å²) in [6.07, 6.45) is 1.51. The number of hydrogen-bond acceptors (Lipinski definition) is 4. The fourth-order valence-corrected chi connectivity index (χ4v) is 3.10. The van der Waals surface area contributed by atoms with Crippen LogP contribution in [0.25, 0.3) is 0 Å². The van der Waals surface area contributed by atoms with Gasteiger partial charge in [-0.1, -0.05) is 29.8 Å². The average Bonchev–Trinajstić information content (AvgIpc) is 2.69. The fourth-order valence-electron chi connectivity index (χ4n) is 2.27. The molecule has 0 aliphatic heterocycles. The molecule has 3 rings (SSSR count). The second kappa shape index (κ2) is 9.48. The largest absolute Gasteiger partial charge is 0.423 e. The number of hydrazone groups is 1. The van der Waals surface area contributed by atoms with Crippen molar-refractivity contribution in [1.29, 1.82) is 0 Å². The molecule has 1 amide bonds. The van der Waals surface area contributed by atoms with Gasteiger partial charge in [0, 0.05) is 8.59 Å². The van der Waals surface area contributed by atoms with Gasteiger partial charge in [-0.2, -0.15) is 5.10 Å². The Morgan fingerprint density at radius 1 is 1.00 bits per heavy atom. The van der Waals surface area contributed by atoms with Gasteiger partial charge >= 0.3 is 5.97 Å². The molecule has 0 aliphatic carbocycles. The van der Waals surface area contributed by atoms with Crippen molar-refractivity contribution < 1.29 is 14.3 Å². The third kappa shape index (κ3) is 5.40. The van der Waals surface area contributed by atoms with Crippen LogP contribution in [0.5, 0.6) is 5.75 Å². The number of hydrogen-bond donors (Lipinski definition) is 1. The van der Waals surface area contributed by atoms with E-state index in [0.29, 0.717) is 21.9 Å². The van der Waals surface area contributed by atoms with Crippen molar-refractivity contribution in [2.24, 2.45) is 5.10 Å². The summed E-state index contributed by atoms with van der Waals surface area (Å²) in [6, 6.07) is 20.5. The van der Waals surface area contributed by atoms with Crippen LogP contribution in [0.4, 0.5) is 0 Å². The number of esters is 1.